The van der Waals surface area contributed by atoms with Crippen molar-refractivity contribution in [2.75, 3.05) is 0 Å². The van der Waals surface area contributed by atoms with Gasteiger partial charge in [-0.3, -0.25) is 4.98 Å². The number of nitriles is 1. The molecule has 0 aliphatic carbocycles. The third-order valence-corrected chi connectivity index (χ3v) is 2.96. The van der Waals surface area contributed by atoms with E-state index < -0.39 is 0 Å². The number of rotatable bonds is 2. The quantitative estimate of drug-likeness (QED) is 0.817. The molecule has 2 rings (SSSR count). The molecule has 17 heavy (non-hydrogen) atoms. The van der Waals surface area contributed by atoms with E-state index in [2.05, 4.69) is 11.1 Å². The lowest BCUT2D eigenvalue weighted by atomic mass is 10.1. The molecule has 4 heteroatoms. The van der Waals surface area contributed by atoms with Crippen molar-refractivity contribution in [1.82, 2.24) is 4.98 Å². The third kappa shape index (κ3) is 2.58. The zero-order valence-electron chi connectivity index (χ0n) is 8.82. The van der Waals surface area contributed by atoms with E-state index in [0.29, 0.717) is 15.7 Å². The zero-order valence-corrected chi connectivity index (χ0v) is 10.3. The molecule has 0 N–H and O–H groups in total. The van der Waals surface area contributed by atoms with Gasteiger partial charge in [-0.1, -0.05) is 29.3 Å². The Hall–Kier alpha value is -1.56. The summed E-state index contributed by atoms with van der Waals surface area (Å²) in [6.07, 6.45) is 1.93. The second-order valence-corrected chi connectivity index (χ2v) is 4.28. The van der Waals surface area contributed by atoms with Crippen LogP contribution in [0.2, 0.25) is 10.0 Å². The minimum Gasteiger partial charge on any atom is -0.260 e. The fraction of sp³-hybridized carbons (Fsp3) is 0.0769. The fourth-order valence-corrected chi connectivity index (χ4v) is 2.20. The Morgan fingerprint density at radius 3 is 2.53 bits per heavy atom. The summed E-state index contributed by atoms with van der Waals surface area (Å²) in [6, 6.07) is 11.1. The number of halogens is 2. The first-order valence-electron chi connectivity index (χ1n) is 4.98. The SMILES string of the molecule is N#CCc1cc(-c2c(Cl)cccc2Cl)ccn1. The van der Waals surface area contributed by atoms with Crippen LogP contribution >= 0.6 is 23.2 Å². The molecule has 1 aromatic heterocycles. The van der Waals surface area contributed by atoms with Crippen LogP contribution in [0.15, 0.2) is 36.5 Å². The first kappa shape index (κ1) is 11.9. The molecule has 2 nitrogen and oxygen atoms in total. The summed E-state index contributed by atoms with van der Waals surface area (Å²) < 4.78 is 0. The molecule has 0 saturated heterocycles. The average molecular weight is 263 g/mol. The lowest BCUT2D eigenvalue weighted by Crippen LogP contribution is -1.89. The summed E-state index contributed by atoms with van der Waals surface area (Å²) in [6.45, 7) is 0. The molecule has 1 aromatic carbocycles. The smallest absolute Gasteiger partial charge is 0.0774 e. The summed E-state index contributed by atoms with van der Waals surface area (Å²) >= 11 is 12.2. The largest absolute Gasteiger partial charge is 0.260 e. The molecule has 0 amide bonds. The molecule has 0 unspecified atom stereocenters. The fourth-order valence-electron chi connectivity index (χ4n) is 1.58. The summed E-state index contributed by atoms with van der Waals surface area (Å²) in [5, 5.41) is 9.83. The van der Waals surface area contributed by atoms with Gasteiger partial charge in [0.2, 0.25) is 0 Å². The van der Waals surface area contributed by atoms with Crippen molar-refractivity contribution in [3.8, 4) is 17.2 Å². The van der Waals surface area contributed by atoms with E-state index in [4.69, 9.17) is 28.5 Å². The molecule has 0 saturated carbocycles. The Balaban J connectivity index is 2.54. The Morgan fingerprint density at radius 1 is 1.18 bits per heavy atom. The van der Waals surface area contributed by atoms with Crippen LogP contribution in [0.5, 0.6) is 0 Å². The van der Waals surface area contributed by atoms with Gasteiger partial charge in [0.25, 0.3) is 0 Å². The van der Waals surface area contributed by atoms with E-state index in [1.165, 1.54) is 0 Å². The number of benzene rings is 1. The van der Waals surface area contributed by atoms with Gasteiger partial charge in [-0.15, -0.1) is 0 Å². The number of aromatic nitrogens is 1. The van der Waals surface area contributed by atoms with Gasteiger partial charge in [0, 0.05) is 21.8 Å². The molecule has 0 bridgehead atoms. The van der Waals surface area contributed by atoms with E-state index in [9.17, 15) is 0 Å². The van der Waals surface area contributed by atoms with Gasteiger partial charge >= 0.3 is 0 Å². The van der Waals surface area contributed by atoms with E-state index in [1.807, 2.05) is 12.1 Å². The van der Waals surface area contributed by atoms with Crippen molar-refractivity contribution < 1.29 is 0 Å². The standard InChI is InChI=1S/C13H8Cl2N2/c14-11-2-1-3-12(15)13(11)9-5-7-17-10(8-9)4-6-16/h1-3,5,7-8H,4H2. The summed E-state index contributed by atoms with van der Waals surface area (Å²) in [5.74, 6) is 0. The Bertz CT molecular complexity index is 568. The van der Waals surface area contributed by atoms with E-state index >= 15 is 0 Å². The first-order valence-corrected chi connectivity index (χ1v) is 5.74. The van der Waals surface area contributed by atoms with Gasteiger partial charge in [-0.2, -0.15) is 5.26 Å². The normalized spacial score (nSPS) is 9.94. The molecular weight excluding hydrogens is 255 g/mol. The Morgan fingerprint density at radius 2 is 1.88 bits per heavy atom. The van der Waals surface area contributed by atoms with Crippen LogP contribution in [0.3, 0.4) is 0 Å². The molecule has 0 aliphatic rings. The second kappa shape index (κ2) is 5.18. The van der Waals surface area contributed by atoms with Crippen molar-refractivity contribution >= 4 is 23.2 Å². The number of nitrogens with zero attached hydrogens (tertiary/aromatic N) is 2. The lowest BCUT2D eigenvalue weighted by Gasteiger charge is -2.07. The molecule has 0 spiro atoms. The second-order valence-electron chi connectivity index (χ2n) is 3.47. The van der Waals surface area contributed by atoms with Crippen molar-refractivity contribution in [2.24, 2.45) is 0 Å². The molecule has 0 aliphatic heterocycles. The van der Waals surface area contributed by atoms with Gasteiger partial charge in [-0.05, 0) is 29.8 Å². The van der Waals surface area contributed by atoms with E-state index in [-0.39, 0.29) is 6.42 Å². The molecule has 1 heterocycles. The van der Waals surface area contributed by atoms with Crippen molar-refractivity contribution in [3.05, 3.63) is 52.3 Å². The van der Waals surface area contributed by atoms with Gasteiger partial charge in [-0.25, -0.2) is 0 Å². The van der Waals surface area contributed by atoms with Crippen LogP contribution in [-0.2, 0) is 6.42 Å². The third-order valence-electron chi connectivity index (χ3n) is 2.33. The van der Waals surface area contributed by atoms with Crippen LogP contribution in [0.25, 0.3) is 11.1 Å². The predicted octanol–water partition coefficient (Wildman–Crippen LogP) is 4.12. The highest BCUT2D eigenvalue weighted by Crippen LogP contribution is 2.34. The maximum atomic E-state index is 8.65. The summed E-state index contributed by atoms with van der Waals surface area (Å²) in [7, 11) is 0. The summed E-state index contributed by atoms with van der Waals surface area (Å²) in [4.78, 5) is 4.11. The van der Waals surface area contributed by atoms with E-state index in [0.717, 1.165) is 11.1 Å². The minimum atomic E-state index is 0.274. The molecule has 84 valence electrons. The highest BCUT2D eigenvalue weighted by molar-refractivity contribution is 6.39. The average Bonchev–Trinajstić information content (AvgIpc) is 2.30. The highest BCUT2D eigenvalue weighted by Gasteiger charge is 2.08. The van der Waals surface area contributed by atoms with Crippen LogP contribution in [0.4, 0.5) is 0 Å². The predicted molar refractivity (Wildman–Crippen MR) is 69.0 cm³/mol. The number of pyridine rings is 1. The molecule has 0 fully saturated rings. The molecule has 0 atom stereocenters. The molecule has 0 radical (unpaired) electrons. The topological polar surface area (TPSA) is 36.7 Å². The van der Waals surface area contributed by atoms with E-state index in [1.54, 1.807) is 24.4 Å². The Labute approximate surface area is 109 Å². The van der Waals surface area contributed by atoms with Gasteiger partial charge in [0.15, 0.2) is 0 Å². The minimum absolute atomic E-state index is 0.274. The summed E-state index contributed by atoms with van der Waals surface area (Å²) in [5.41, 5.74) is 2.36. The van der Waals surface area contributed by atoms with Crippen LogP contribution < -0.4 is 0 Å². The number of hydrogen-bond acceptors (Lipinski definition) is 2. The van der Waals surface area contributed by atoms with Gasteiger partial charge in [0.1, 0.15) is 0 Å². The first-order chi connectivity index (χ1) is 8.22. The molecular formula is C13H8Cl2N2. The van der Waals surface area contributed by atoms with Crippen LogP contribution in [0.1, 0.15) is 5.69 Å². The maximum absolute atomic E-state index is 8.65. The van der Waals surface area contributed by atoms with Crippen molar-refractivity contribution in [1.29, 1.82) is 5.26 Å². The highest BCUT2D eigenvalue weighted by atomic mass is 35.5. The van der Waals surface area contributed by atoms with Crippen molar-refractivity contribution in [2.45, 2.75) is 6.42 Å². The van der Waals surface area contributed by atoms with Crippen LogP contribution in [-0.4, -0.2) is 4.98 Å². The Kier molecular flexibility index (Phi) is 3.63. The zero-order chi connectivity index (χ0) is 12.3. The van der Waals surface area contributed by atoms with Gasteiger partial charge in [0.05, 0.1) is 18.2 Å². The van der Waals surface area contributed by atoms with Crippen molar-refractivity contribution in [3.63, 3.8) is 0 Å². The molecule has 2 aromatic rings. The lowest BCUT2D eigenvalue weighted by molar-refractivity contribution is 1.12. The van der Waals surface area contributed by atoms with Crippen LogP contribution in [0, 0.1) is 11.3 Å². The number of hydrogen-bond donors (Lipinski definition) is 0. The van der Waals surface area contributed by atoms with Gasteiger partial charge < -0.3 is 0 Å². The monoisotopic (exact) mass is 262 g/mol. The maximum Gasteiger partial charge on any atom is 0.0774 e.